The van der Waals surface area contributed by atoms with Crippen molar-refractivity contribution in [1.82, 2.24) is 9.80 Å². The molecule has 0 saturated heterocycles. The van der Waals surface area contributed by atoms with E-state index in [4.69, 9.17) is 0 Å². The van der Waals surface area contributed by atoms with E-state index in [1.54, 1.807) is 11.3 Å². The second kappa shape index (κ2) is 10.8. The second-order valence-electron chi connectivity index (χ2n) is 8.84. The van der Waals surface area contributed by atoms with Crippen molar-refractivity contribution >= 4 is 23.2 Å². The van der Waals surface area contributed by atoms with Crippen molar-refractivity contribution in [1.29, 1.82) is 0 Å². The molecule has 0 N–H and O–H groups in total. The summed E-state index contributed by atoms with van der Waals surface area (Å²) in [7, 11) is 0. The molecule has 1 aliphatic rings. The Morgan fingerprint density at radius 3 is 2.30 bits per heavy atom. The van der Waals surface area contributed by atoms with Gasteiger partial charge < -0.3 is 9.80 Å². The quantitative estimate of drug-likeness (QED) is 0.549. The SMILES string of the molecule is Cc1ccc(CN(Cc2ccccc2)C(=O)CN(CC(C)C)C(=O)C2CCCC2)s1. The summed E-state index contributed by atoms with van der Waals surface area (Å²) in [5.41, 5.74) is 1.11. The zero-order valence-corrected chi connectivity index (χ0v) is 19.3. The highest BCUT2D eigenvalue weighted by Gasteiger charge is 2.30. The van der Waals surface area contributed by atoms with E-state index in [0.717, 1.165) is 31.2 Å². The highest BCUT2D eigenvalue weighted by atomic mass is 32.1. The molecule has 0 radical (unpaired) electrons. The minimum atomic E-state index is 0.0249. The number of aryl methyl sites for hydroxylation is 1. The Balaban J connectivity index is 1.75. The van der Waals surface area contributed by atoms with Gasteiger partial charge in [0.05, 0.1) is 13.1 Å². The first-order valence-electron chi connectivity index (χ1n) is 11.1. The minimum absolute atomic E-state index is 0.0249. The minimum Gasteiger partial charge on any atom is -0.333 e. The van der Waals surface area contributed by atoms with Crippen LogP contribution in [-0.2, 0) is 22.7 Å². The standard InChI is InChI=1S/C25H34N2O2S/c1-19(2)15-27(25(29)22-11-7-8-12-22)18-24(28)26(16-21-9-5-4-6-10-21)17-23-14-13-20(3)30-23/h4-6,9-10,13-14,19,22H,7-8,11-12,15-18H2,1-3H3. The van der Waals surface area contributed by atoms with Crippen molar-refractivity contribution in [3.8, 4) is 0 Å². The van der Waals surface area contributed by atoms with Crippen molar-refractivity contribution in [2.45, 2.75) is 59.5 Å². The number of hydrogen-bond donors (Lipinski definition) is 0. The molecule has 5 heteroatoms. The van der Waals surface area contributed by atoms with Crippen LogP contribution in [0, 0.1) is 18.8 Å². The molecule has 1 fully saturated rings. The maximum absolute atomic E-state index is 13.4. The van der Waals surface area contributed by atoms with Gasteiger partial charge in [-0.2, -0.15) is 0 Å². The van der Waals surface area contributed by atoms with E-state index in [2.05, 4.69) is 45.0 Å². The molecular formula is C25H34N2O2S. The third kappa shape index (κ3) is 6.43. The van der Waals surface area contributed by atoms with E-state index in [-0.39, 0.29) is 24.3 Å². The molecule has 1 aromatic heterocycles. The zero-order chi connectivity index (χ0) is 21.5. The number of amides is 2. The van der Waals surface area contributed by atoms with Crippen LogP contribution in [0.4, 0.5) is 0 Å². The predicted octanol–water partition coefficient (Wildman–Crippen LogP) is 5.26. The molecular weight excluding hydrogens is 392 g/mol. The van der Waals surface area contributed by atoms with Crippen LogP contribution in [0.1, 0.15) is 54.8 Å². The lowest BCUT2D eigenvalue weighted by molar-refractivity contribution is -0.144. The maximum Gasteiger partial charge on any atom is 0.242 e. The van der Waals surface area contributed by atoms with Crippen molar-refractivity contribution < 1.29 is 9.59 Å². The van der Waals surface area contributed by atoms with Crippen LogP contribution in [0.3, 0.4) is 0 Å². The van der Waals surface area contributed by atoms with Crippen LogP contribution in [-0.4, -0.2) is 34.7 Å². The smallest absolute Gasteiger partial charge is 0.242 e. The topological polar surface area (TPSA) is 40.6 Å². The molecule has 4 nitrogen and oxygen atoms in total. The number of carbonyl (C=O) groups excluding carboxylic acids is 2. The third-order valence-corrected chi connectivity index (χ3v) is 6.62. The molecule has 1 aliphatic carbocycles. The molecule has 0 bridgehead atoms. The highest BCUT2D eigenvalue weighted by molar-refractivity contribution is 7.11. The van der Waals surface area contributed by atoms with Gasteiger partial charge in [0.1, 0.15) is 0 Å². The van der Waals surface area contributed by atoms with Crippen LogP contribution in [0.5, 0.6) is 0 Å². The maximum atomic E-state index is 13.4. The van der Waals surface area contributed by atoms with Crippen LogP contribution >= 0.6 is 11.3 Å². The lowest BCUT2D eigenvalue weighted by Crippen LogP contribution is -2.45. The van der Waals surface area contributed by atoms with Gasteiger partial charge in [-0.1, -0.05) is 57.0 Å². The highest BCUT2D eigenvalue weighted by Crippen LogP contribution is 2.27. The van der Waals surface area contributed by atoms with Gasteiger partial charge in [0.2, 0.25) is 11.8 Å². The van der Waals surface area contributed by atoms with E-state index >= 15 is 0 Å². The number of rotatable bonds is 9. The summed E-state index contributed by atoms with van der Waals surface area (Å²) in [6.45, 7) is 8.25. The lowest BCUT2D eigenvalue weighted by atomic mass is 10.1. The van der Waals surface area contributed by atoms with E-state index < -0.39 is 0 Å². The summed E-state index contributed by atoms with van der Waals surface area (Å²) in [4.78, 5) is 32.7. The van der Waals surface area contributed by atoms with Crippen molar-refractivity contribution in [2.24, 2.45) is 11.8 Å². The van der Waals surface area contributed by atoms with Crippen LogP contribution in [0.2, 0.25) is 0 Å². The van der Waals surface area contributed by atoms with Crippen molar-refractivity contribution in [2.75, 3.05) is 13.1 Å². The third-order valence-electron chi connectivity index (χ3n) is 5.64. The Bertz CT molecular complexity index is 825. The molecule has 0 atom stereocenters. The molecule has 30 heavy (non-hydrogen) atoms. The number of hydrogen-bond acceptors (Lipinski definition) is 3. The first kappa shape index (κ1) is 22.5. The van der Waals surface area contributed by atoms with Crippen molar-refractivity contribution in [3.05, 3.63) is 57.8 Å². The normalized spacial score (nSPS) is 14.3. The van der Waals surface area contributed by atoms with Gasteiger partial charge in [-0.25, -0.2) is 0 Å². The molecule has 3 rings (SSSR count). The lowest BCUT2D eigenvalue weighted by Gasteiger charge is -2.30. The Hall–Kier alpha value is -2.14. The first-order valence-corrected chi connectivity index (χ1v) is 11.9. The Morgan fingerprint density at radius 1 is 1.00 bits per heavy atom. The van der Waals surface area contributed by atoms with Gasteiger partial charge in [0.25, 0.3) is 0 Å². The molecule has 0 aliphatic heterocycles. The summed E-state index contributed by atoms with van der Waals surface area (Å²) in [5, 5.41) is 0. The fourth-order valence-electron chi connectivity index (χ4n) is 4.16. The second-order valence-corrected chi connectivity index (χ2v) is 10.2. The number of nitrogens with zero attached hydrogens (tertiary/aromatic N) is 2. The Kier molecular flexibility index (Phi) is 8.08. The number of thiophene rings is 1. The van der Waals surface area contributed by atoms with Gasteiger partial charge >= 0.3 is 0 Å². The summed E-state index contributed by atoms with van der Waals surface area (Å²) in [6, 6.07) is 14.3. The average Bonchev–Trinajstić information content (AvgIpc) is 3.39. The van der Waals surface area contributed by atoms with E-state index in [1.807, 2.05) is 28.0 Å². The van der Waals surface area contributed by atoms with Gasteiger partial charge in [0.15, 0.2) is 0 Å². The van der Waals surface area contributed by atoms with E-state index in [9.17, 15) is 9.59 Å². The molecule has 2 aromatic rings. The fourth-order valence-corrected chi connectivity index (χ4v) is 5.07. The summed E-state index contributed by atoms with van der Waals surface area (Å²) in [5.74, 6) is 0.628. The van der Waals surface area contributed by atoms with Crippen LogP contribution in [0.25, 0.3) is 0 Å². The molecule has 2 amide bonds. The largest absolute Gasteiger partial charge is 0.333 e. The van der Waals surface area contributed by atoms with E-state index in [0.29, 0.717) is 25.6 Å². The predicted molar refractivity (Wildman–Crippen MR) is 123 cm³/mol. The molecule has 162 valence electrons. The first-order chi connectivity index (χ1) is 14.4. The fraction of sp³-hybridized carbons (Fsp3) is 0.520. The van der Waals surface area contributed by atoms with Crippen molar-refractivity contribution in [3.63, 3.8) is 0 Å². The van der Waals surface area contributed by atoms with Gasteiger partial charge in [-0.15, -0.1) is 11.3 Å². The van der Waals surface area contributed by atoms with Gasteiger partial charge in [-0.05, 0) is 43.4 Å². The zero-order valence-electron chi connectivity index (χ0n) is 18.5. The Morgan fingerprint density at radius 2 is 1.70 bits per heavy atom. The average molecular weight is 427 g/mol. The van der Waals surface area contributed by atoms with Crippen LogP contribution < -0.4 is 0 Å². The number of benzene rings is 1. The van der Waals surface area contributed by atoms with Gasteiger partial charge in [0, 0.05) is 28.8 Å². The van der Waals surface area contributed by atoms with Gasteiger partial charge in [-0.3, -0.25) is 9.59 Å². The summed E-state index contributed by atoms with van der Waals surface area (Å²) >= 11 is 1.73. The molecule has 1 saturated carbocycles. The molecule has 1 heterocycles. The molecule has 0 unspecified atom stereocenters. The Labute approximate surface area is 184 Å². The number of carbonyl (C=O) groups is 2. The van der Waals surface area contributed by atoms with Crippen LogP contribution in [0.15, 0.2) is 42.5 Å². The molecule has 0 spiro atoms. The monoisotopic (exact) mass is 426 g/mol. The summed E-state index contributed by atoms with van der Waals surface area (Å²) < 4.78 is 0. The van der Waals surface area contributed by atoms with E-state index in [1.165, 1.54) is 9.75 Å². The molecule has 1 aromatic carbocycles. The summed E-state index contributed by atoms with van der Waals surface area (Å²) in [6.07, 6.45) is 4.17.